The quantitative estimate of drug-likeness (QED) is 0.284. The van der Waals surface area contributed by atoms with Crippen LogP contribution in [0.1, 0.15) is 44.3 Å². The van der Waals surface area contributed by atoms with E-state index in [4.69, 9.17) is 4.99 Å². The van der Waals surface area contributed by atoms with Gasteiger partial charge in [0.25, 0.3) is 5.56 Å². The van der Waals surface area contributed by atoms with Crippen LogP contribution in [-0.4, -0.2) is 13.9 Å². The molecule has 0 amide bonds. The van der Waals surface area contributed by atoms with Gasteiger partial charge in [-0.1, -0.05) is 66.0 Å². The van der Waals surface area contributed by atoms with E-state index in [1.807, 2.05) is 49.0 Å². The summed E-state index contributed by atoms with van der Waals surface area (Å²) in [5, 5.41) is 2.19. The molecule has 2 atom stereocenters. The van der Waals surface area contributed by atoms with Gasteiger partial charge < -0.3 is 4.57 Å². The molecule has 0 N–H and O–H groups in total. The van der Waals surface area contributed by atoms with E-state index in [1.54, 1.807) is 16.0 Å². The number of rotatable bonds is 4. The number of thiazole rings is 1. The lowest BCUT2D eigenvalue weighted by atomic mass is 9.85. The van der Waals surface area contributed by atoms with Crippen molar-refractivity contribution in [2.75, 3.05) is 0 Å². The fourth-order valence-corrected chi connectivity index (χ4v) is 6.23. The van der Waals surface area contributed by atoms with Crippen LogP contribution < -0.4 is 10.4 Å². The fourth-order valence-electron chi connectivity index (χ4n) is 5.01. The SMILES string of the molecule is Cc1c(N=c2scc(-c3ccc(Br)cc3)n2C2CCCCC2C)c(=O)n(-c2ccccc2)n1C. The molecule has 2 aromatic carbocycles. The van der Waals surface area contributed by atoms with Crippen molar-refractivity contribution in [2.24, 2.45) is 18.0 Å². The van der Waals surface area contributed by atoms with Gasteiger partial charge in [0.15, 0.2) is 10.5 Å². The predicted molar refractivity (Wildman–Crippen MR) is 143 cm³/mol. The molecule has 2 heterocycles. The van der Waals surface area contributed by atoms with Gasteiger partial charge in [0.1, 0.15) is 0 Å². The van der Waals surface area contributed by atoms with E-state index in [0.29, 0.717) is 17.6 Å². The van der Waals surface area contributed by atoms with E-state index in [2.05, 4.69) is 57.1 Å². The first-order valence-corrected chi connectivity index (χ1v) is 13.5. The monoisotopic (exact) mass is 536 g/mol. The molecule has 1 saturated carbocycles. The minimum absolute atomic E-state index is 0.0898. The van der Waals surface area contributed by atoms with Crippen LogP contribution in [0.4, 0.5) is 5.69 Å². The smallest absolute Gasteiger partial charge is 0.297 e. The number of hydrogen-bond acceptors (Lipinski definition) is 3. The topological polar surface area (TPSA) is 44.2 Å². The third-order valence-corrected chi connectivity index (χ3v) is 8.38. The molecule has 1 aliphatic rings. The highest BCUT2D eigenvalue weighted by Gasteiger charge is 2.26. The van der Waals surface area contributed by atoms with Crippen LogP contribution in [0.5, 0.6) is 0 Å². The van der Waals surface area contributed by atoms with Crippen LogP contribution in [-0.2, 0) is 7.05 Å². The first-order chi connectivity index (χ1) is 16.5. The van der Waals surface area contributed by atoms with Crippen LogP contribution in [0.25, 0.3) is 16.9 Å². The van der Waals surface area contributed by atoms with Crippen LogP contribution in [0, 0.1) is 12.8 Å². The molecular weight excluding hydrogens is 508 g/mol. The third kappa shape index (κ3) is 4.16. The normalized spacial score (nSPS) is 19.0. The summed E-state index contributed by atoms with van der Waals surface area (Å²) in [5.74, 6) is 0.564. The van der Waals surface area contributed by atoms with Gasteiger partial charge in [0.05, 0.1) is 17.1 Å². The minimum atomic E-state index is -0.0898. The molecule has 2 aromatic heterocycles. The van der Waals surface area contributed by atoms with Crippen LogP contribution in [0.2, 0.25) is 0 Å². The molecule has 0 bridgehead atoms. The number of halogens is 1. The molecule has 1 aliphatic carbocycles. The van der Waals surface area contributed by atoms with E-state index in [-0.39, 0.29) is 5.56 Å². The summed E-state index contributed by atoms with van der Waals surface area (Å²) in [6.07, 6.45) is 4.86. The zero-order chi connectivity index (χ0) is 23.8. The molecular formula is C27H29BrN4OS. The van der Waals surface area contributed by atoms with E-state index >= 15 is 0 Å². The summed E-state index contributed by atoms with van der Waals surface area (Å²) < 4.78 is 7.06. The van der Waals surface area contributed by atoms with Gasteiger partial charge in [-0.3, -0.25) is 9.48 Å². The Labute approximate surface area is 212 Å². The zero-order valence-electron chi connectivity index (χ0n) is 19.7. The predicted octanol–water partition coefficient (Wildman–Crippen LogP) is 6.76. The maximum atomic E-state index is 13.5. The van der Waals surface area contributed by atoms with Crippen molar-refractivity contribution in [2.45, 2.75) is 45.6 Å². The molecule has 5 rings (SSSR count). The summed E-state index contributed by atoms with van der Waals surface area (Å²) in [5.41, 5.74) is 4.46. The van der Waals surface area contributed by atoms with Crippen molar-refractivity contribution in [3.63, 3.8) is 0 Å². The summed E-state index contributed by atoms with van der Waals surface area (Å²) in [7, 11) is 1.92. The molecule has 0 saturated heterocycles. The van der Waals surface area contributed by atoms with Crippen molar-refractivity contribution in [1.29, 1.82) is 0 Å². The van der Waals surface area contributed by atoms with Crippen LogP contribution >= 0.6 is 27.3 Å². The largest absolute Gasteiger partial charge is 0.313 e. The lowest BCUT2D eigenvalue weighted by molar-refractivity contribution is 0.255. The molecule has 2 unspecified atom stereocenters. The number of nitrogens with zero attached hydrogens (tertiary/aromatic N) is 4. The highest BCUT2D eigenvalue weighted by atomic mass is 79.9. The van der Waals surface area contributed by atoms with Gasteiger partial charge in [-0.25, -0.2) is 9.67 Å². The lowest BCUT2D eigenvalue weighted by Crippen LogP contribution is -2.29. The molecule has 1 fully saturated rings. The highest BCUT2D eigenvalue weighted by molar-refractivity contribution is 9.10. The van der Waals surface area contributed by atoms with Crippen LogP contribution in [0.15, 0.2) is 74.2 Å². The second kappa shape index (κ2) is 9.55. The molecule has 4 aromatic rings. The van der Waals surface area contributed by atoms with E-state index in [0.717, 1.165) is 27.1 Å². The van der Waals surface area contributed by atoms with Crippen molar-refractivity contribution in [3.05, 3.63) is 85.3 Å². The third-order valence-electron chi connectivity index (χ3n) is 7.01. The number of para-hydroxylation sites is 1. The highest BCUT2D eigenvalue weighted by Crippen LogP contribution is 2.36. The average Bonchev–Trinajstić information content (AvgIpc) is 3.35. The Morgan fingerprint density at radius 1 is 1.03 bits per heavy atom. The Balaban J connectivity index is 1.71. The summed E-state index contributed by atoms with van der Waals surface area (Å²) in [4.78, 5) is 19.5. The molecule has 5 nitrogen and oxygen atoms in total. The Morgan fingerprint density at radius 3 is 2.44 bits per heavy atom. The second-order valence-corrected chi connectivity index (χ2v) is 10.9. The molecule has 7 heteroatoms. The van der Waals surface area contributed by atoms with Gasteiger partial charge in [-0.15, -0.1) is 11.3 Å². The van der Waals surface area contributed by atoms with E-state index in [9.17, 15) is 4.79 Å². The molecule has 176 valence electrons. The van der Waals surface area contributed by atoms with E-state index < -0.39 is 0 Å². The molecule has 34 heavy (non-hydrogen) atoms. The molecule has 0 radical (unpaired) electrons. The van der Waals surface area contributed by atoms with Crippen molar-refractivity contribution >= 4 is 33.0 Å². The first kappa shape index (κ1) is 23.1. The maximum Gasteiger partial charge on any atom is 0.297 e. The maximum absolute atomic E-state index is 13.5. The van der Waals surface area contributed by atoms with Gasteiger partial charge in [0.2, 0.25) is 0 Å². The summed E-state index contributed by atoms with van der Waals surface area (Å²) in [6, 6.07) is 18.6. The average molecular weight is 538 g/mol. The van der Waals surface area contributed by atoms with Gasteiger partial charge in [0, 0.05) is 22.9 Å². The van der Waals surface area contributed by atoms with E-state index in [1.165, 1.54) is 30.5 Å². The van der Waals surface area contributed by atoms with Crippen molar-refractivity contribution in [3.8, 4) is 16.9 Å². The van der Waals surface area contributed by atoms with Crippen molar-refractivity contribution in [1.82, 2.24) is 13.9 Å². The first-order valence-electron chi connectivity index (χ1n) is 11.8. The Morgan fingerprint density at radius 2 is 1.74 bits per heavy atom. The summed E-state index contributed by atoms with van der Waals surface area (Å²) >= 11 is 5.18. The standard InChI is InChI=1S/C27H29BrN4OS/c1-18-9-7-8-12-23(18)31-24(20-13-15-21(28)16-14-20)17-34-27(31)29-25-19(2)30(3)32(26(25)33)22-10-5-4-6-11-22/h4-6,10-11,13-18,23H,7-9,12H2,1-3H3. The summed E-state index contributed by atoms with van der Waals surface area (Å²) in [6.45, 7) is 4.32. The van der Waals surface area contributed by atoms with Crippen molar-refractivity contribution < 1.29 is 0 Å². The van der Waals surface area contributed by atoms with Gasteiger partial charge in [-0.2, -0.15) is 0 Å². The lowest BCUT2D eigenvalue weighted by Gasteiger charge is -2.31. The Bertz CT molecular complexity index is 1430. The zero-order valence-corrected chi connectivity index (χ0v) is 22.1. The fraction of sp³-hybridized carbons (Fsp3) is 0.333. The van der Waals surface area contributed by atoms with Gasteiger partial charge >= 0.3 is 0 Å². The Kier molecular flexibility index (Phi) is 6.49. The Hall–Kier alpha value is -2.64. The minimum Gasteiger partial charge on any atom is -0.313 e. The number of benzene rings is 2. The second-order valence-electron chi connectivity index (χ2n) is 9.13. The van der Waals surface area contributed by atoms with Gasteiger partial charge in [-0.05, 0) is 55.5 Å². The number of hydrogen-bond donors (Lipinski definition) is 0. The molecule has 0 aliphatic heterocycles. The number of aromatic nitrogens is 3. The van der Waals surface area contributed by atoms with Crippen LogP contribution in [0.3, 0.4) is 0 Å². The molecule has 0 spiro atoms.